The molecule has 9 heteroatoms. The van der Waals surface area contributed by atoms with Gasteiger partial charge in [-0.25, -0.2) is 9.98 Å². The first-order valence-electron chi connectivity index (χ1n) is 10.1. The van der Waals surface area contributed by atoms with E-state index in [-0.39, 0.29) is 30.1 Å². The number of guanidine groups is 1. The maximum atomic E-state index is 10.7. The highest BCUT2D eigenvalue weighted by Crippen LogP contribution is 2.22. The number of morpholine rings is 1. The van der Waals surface area contributed by atoms with Crippen molar-refractivity contribution in [1.82, 2.24) is 15.6 Å². The summed E-state index contributed by atoms with van der Waals surface area (Å²) in [5.41, 5.74) is 0.995. The van der Waals surface area contributed by atoms with Crippen LogP contribution in [0, 0.1) is 0 Å². The van der Waals surface area contributed by atoms with Crippen molar-refractivity contribution in [2.75, 3.05) is 37.7 Å². The number of ether oxygens (including phenoxy) is 1. The Labute approximate surface area is 200 Å². The number of aliphatic hydroxyl groups is 1. The summed E-state index contributed by atoms with van der Waals surface area (Å²) in [5, 5.41) is 21.1. The Hall–Kier alpha value is -1.43. The summed E-state index contributed by atoms with van der Waals surface area (Å²) >= 11 is 1.58. The van der Waals surface area contributed by atoms with Crippen LogP contribution in [-0.2, 0) is 16.9 Å². The third kappa shape index (κ3) is 7.07. The van der Waals surface area contributed by atoms with Gasteiger partial charge in [0.1, 0.15) is 11.4 Å². The summed E-state index contributed by atoms with van der Waals surface area (Å²) in [7, 11) is 0. The van der Waals surface area contributed by atoms with Gasteiger partial charge in [-0.05, 0) is 54.8 Å². The normalized spacial score (nSPS) is 19.0. The standard InChI is InChI=1S/C21H31N5O2S.HI/c1-4-22-20(25-15-21(3,27)18-7-10-29-14-18)24-12-17-5-6-19(23-11-17)26-8-9-28-16(2)13-26;/h5-7,10-11,14,16,27H,4,8-9,12-13,15H2,1-3H3,(H2,22,24,25);1H. The Balaban J connectivity index is 0.00000320. The molecule has 0 saturated carbocycles. The van der Waals surface area contributed by atoms with Gasteiger partial charge in [-0.1, -0.05) is 6.07 Å². The molecular weight excluding hydrogens is 513 g/mol. The number of halogens is 1. The second-order valence-corrected chi connectivity index (χ2v) is 8.27. The summed E-state index contributed by atoms with van der Waals surface area (Å²) in [6.07, 6.45) is 2.11. The van der Waals surface area contributed by atoms with Crippen LogP contribution < -0.4 is 15.5 Å². The number of hydrogen-bond donors (Lipinski definition) is 3. The number of thiophene rings is 1. The van der Waals surface area contributed by atoms with E-state index in [0.717, 1.165) is 43.2 Å². The van der Waals surface area contributed by atoms with Gasteiger partial charge in [0.05, 0.1) is 25.8 Å². The molecule has 166 valence electrons. The zero-order chi connectivity index (χ0) is 20.7. The molecule has 0 aromatic carbocycles. The first-order chi connectivity index (χ1) is 14.0. The van der Waals surface area contributed by atoms with Crippen LogP contribution in [0.25, 0.3) is 0 Å². The van der Waals surface area contributed by atoms with E-state index in [1.165, 1.54) is 0 Å². The van der Waals surface area contributed by atoms with Crippen LogP contribution in [-0.4, -0.2) is 54.9 Å². The fourth-order valence-electron chi connectivity index (χ4n) is 3.16. The lowest BCUT2D eigenvalue weighted by molar-refractivity contribution is 0.0529. The van der Waals surface area contributed by atoms with Gasteiger partial charge in [0.2, 0.25) is 0 Å². The first-order valence-corrected chi connectivity index (χ1v) is 11.0. The molecule has 1 aliphatic rings. The highest BCUT2D eigenvalue weighted by Gasteiger charge is 2.23. The number of hydrogen-bond acceptors (Lipinski definition) is 6. The summed E-state index contributed by atoms with van der Waals surface area (Å²) in [5.74, 6) is 1.65. The van der Waals surface area contributed by atoms with Crippen molar-refractivity contribution in [1.29, 1.82) is 0 Å². The van der Waals surface area contributed by atoms with Gasteiger partial charge in [-0.3, -0.25) is 0 Å². The zero-order valence-electron chi connectivity index (χ0n) is 17.8. The minimum absolute atomic E-state index is 0. The first kappa shape index (κ1) is 24.8. The van der Waals surface area contributed by atoms with E-state index in [1.807, 2.05) is 36.0 Å². The number of anilines is 1. The molecule has 30 heavy (non-hydrogen) atoms. The van der Waals surface area contributed by atoms with Gasteiger partial charge < -0.3 is 25.4 Å². The number of nitrogens with one attached hydrogen (secondary N) is 2. The van der Waals surface area contributed by atoms with E-state index in [4.69, 9.17) is 4.74 Å². The Kier molecular flexibility index (Phi) is 9.79. The van der Waals surface area contributed by atoms with Crippen LogP contribution >= 0.6 is 35.3 Å². The van der Waals surface area contributed by atoms with Crippen molar-refractivity contribution in [3.8, 4) is 0 Å². The number of pyridine rings is 1. The minimum atomic E-state index is -0.950. The van der Waals surface area contributed by atoms with E-state index in [2.05, 4.69) is 38.5 Å². The van der Waals surface area contributed by atoms with Crippen molar-refractivity contribution in [3.63, 3.8) is 0 Å². The number of nitrogens with zero attached hydrogens (tertiary/aromatic N) is 3. The predicted octanol–water partition coefficient (Wildman–Crippen LogP) is 2.95. The zero-order valence-corrected chi connectivity index (χ0v) is 20.9. The van der Waals surface area contributed by atoms with Crippen molar-refractivity contribution >= 4 is 47.1 Å². The molecule has 7 nitrogen and oxygen atoms in total. The molecule has 0 spiro atoms. The van der Waals surface area contributed by atoms with Crippen molar-refractivity contribution in [3.05, 3.63) is 46.3 Å². The lowest BCUT2D eigenvalue weighted by atomic mass is 9.99. The van der Waals surface area contributed by atoms with Crippen molar-refractivity contribution in [2.24, 2.45) is 4.99 Å². The smallest absolute Gasteiger partial charge is 0.191 e. The molecular formula is C21H32IN5O2S. The molecule has 2 aromatic rings. The summed E-state index contributed by atoms with van der Waals surface area (Å²) in [6, 6.07) is 6.06. The summed E-state index contributed by atoms with van der Waals surface area (Å²) in [6.45, 7) is 10.0. The maximum absolute atomic E-state index is 10.7. The van der Waals surface area contributed by atoms with Gasteiger partial charge >= 0.3 is 0 Å². The van der Waals surface area contributed by atoms with Gasteiger partial charge in [-0.2, -0.15) is 11.3 Å². The van der Waals surface area contributed by atoms with Crippen molar-refractivity contribution < 1.29 is 9.84 Å². The van der Waals surface area contributed by atoms with Gasteiger partial charge in [-0.15, -0.1) is 24.0 Å². The van der Waals surface area contributed by atoms with Crippen LogP contribution in [0.3, 0.4) is 0 Å². The molecule has 2 aromatic heterocycles. The predicted molar refractivity (Wildman–Crippen MR) is 134 cm³/mol. The van der Waals surface area contributed by atoms with E-state index in [9.17, 15) is 5.11 Å². The monoisotopic (exact) mass is 545 g/mol. The minimum Gasteiger partial charge on any atom is -0.384 e. The lowest BCUT2D eigenvalue weighted by Gasteiger charge is -2.32. The van der Waals surface area contributed by atoms with Crippen molar-refractivity contribution in [2.45, 2.75) is 39.0 Å². The quantitative estimate of drug-likeness (QED) is 0.282. The van der Waals surface area contributed by atoms with Crippen LogP contribution in [0.15, 0.2) is 40.1 Å². The molecule has 1 aliphatic heterocycles. The Morgan fingerprint density at radius 3 is 2.87 bits per heavy atom. The number of aliphatic imine (C=N–C) groups is 1. The average molecular weight is 545 g/mol. The number of rotatable bonds is 7. The molecule has 3 heterocycles. The van der Waals surface area contributed by atoms with Crippen LogP contribution in [0.5, 0.6) is 0 Å². The van der Waals surface area contributed by atoms with Crippen LogP contribution in [0.4, 0.5) is 5.82 Å². The third-order valence-corrected chi connectivity index (χ3v) is 5.56. The molecule has 0 bridgehead atoms. The lowest BCUT2D eigenvalue weighted by Crippen LogP contribution is -2.44. The summed E-state index contributed by atoms with van der Waals surface area (Å²) < 4.78 is 5.59. The highest BCUT2D eigenvalue weighted by atomic mass is 127. The highest BCUT2D eigenvalue weighted by molar-refractivity contribution is 14.0. The topological polar surface area (TPSA) is 82.0 Å². The molecule has 1 saturated heterocycles. The van der Waals surface area contributed by atoms with E-state index in [0.29, 0.717) is 19.0 Å². The Morgan fingerprint density at radius 2 is 2.23 bits per heavy atom. The van der Waals surface area contributed by atoms with Gasteiger partial charge in [0.25, 0.3) is 0 Å². The molecule has 3 N–H and O–H groups in total. The van der Waals surface area contributed by atoms with E-state index >= 15 is 0 Å². The molecule has 2 atom stereocenters. The fourth-order valence-corrected chi connectivity index (χ4v) is 3.95. The van der Waals surface area contributed by atoms with Gasteiger partial charge in [0, 0.05) is 25.8 Å². The largest absolute Gasteiger partial charge is 0.384 e. The third-order valence-electron chi connectivity index (χ3n) is 4.88. The van der Waals surface area contributed by atoms with Crippen LogP contribution in [0.2, 0.25) is 0 Å². The molecule has 3 rings (SSSR count). The van der Waals surface area contributed by atoms with E-state index in [1.54, 1.807) is 18.3 Å². The second kappa shape index (κ2) is 11.8. The van der Waals surface area contributed by atoms with Gasteiger partial charge in [0.15, 0.2) is 5.96 Å². The number of aromatic nitrogens is 1. The SMILES string of the molecule is CCNC(=NCc1ccc(N2CCOC(C)C2)nc1)NCC(C)(O)c1ccsc1.I. The van der Waals surface area contributed by atoms with Crippen LogP contribution in [0.1, 0.15) is 31.9 Å². The summed E-state index contributed by atoms with van der Waals surface area (Å²) in [4.78, 5) is 11.5. The fraction of sp³-hybridized carbons (Fsp3) is 0.524. The molecule has 2 unspecified atom stereocenters. The Morgan fingerprint density at radius 1 is 1.40 bits per heavy atom. The molecule has 0 amide bonds. The molecule has 1 fully saturated rings. The maximum Gasteiger partial charge on any atom is 0.191 e. The Bertz CT molecular complexity index is 783. The van der Waals surface area contributed by atoms with E-state index < -0.39 is 5.60 Å². The molecule has 0 radical (unpaired) electrons. The molecule has 0 aliphatic carbocycles. The average Bonchev–Trinajstić information content (AvgIpc) is 3.26. The second-order valence-electron chi connectivity index (χ2n) is 7.49.